The van der Waals surface area contributed by atoms with Gasteiger partial charge in [0.05, 0.1) is 24.0 Å². The molecule has 0 N–H and O–H groups in total. The molecule has 0 aliphatic carbocycles. The van der Waals surface area contributed by atoms with Gasteiger partial charge in [0.2, 0.25) is 15.9 Å². The molecule has 10 heteroatoms. The maximum absolute atomic E-state index is 13.1. The van der Waals surface area contributed by atoms with Gasteiger partial charge in [0, 0.05) is 39.3 Å². The molecule has 2 aliphatic rings. The zero-order valence-electron chi connectivity index (χ0n) is 18.2. The molecule has 2 aliphatic heterocycles. The highest BCUT2D eigenvalue weighted by Crippen LogP contribution is 2.26. The smallest absolute Gasteiger partial charge is 0.409 e. The van der Waals surface area contributed by atoms with E-state index in [1.54, 1.807) is 41.0 Å². The Kier molecular flexibility index (Phi) is 7.77. The van der Waals surface area contributed by atoms with Crippen molar-refractivity contribution in [2.24, 2.45) is 5.92 Å². The lowest BCUT2D eigenvalue weighted by atomic mass is 9.98. The van der Waals surface area contributed by atoms with Crippen molar-refractivity contribution in [3.05, 3.63) is 24.3 Å². The lowest BCUT2D eigenvalue weighted by Gasteiger charge is -2.38. The van der Waals surface area contributed by atoms with Crippen LogP contribution in [0.2, 0.25) is 0 Å². The summed E-state index contributed by atoms with van der Waals surface area (Å²) in [6.45, 7) is 6.73. The Morgan fingerprint density at radius 1 is 0.968 bits per heavy atom. The number of benzene rings is 1. The molecular weight excluding hydrogens is 422 g/mol. The van der Waals surface area contributed by atoms with Crippen LogP contribution in [0, 0.1) is 5.92 Å². The van der Waals surface area contributed by atoms with Gasteiger partial charge in [0.25, 0.3) is 0 Å². The molecule has 1 aromatic carbocycles. The molecule has 0 radical (unpaired) electrons. The number of rotatable bonds is 6. The summed E-state index contributed by atoms with van der Waals surface area (Å²) in [5.41, 5.74) is 0. The first kappa shape index (κ1) is 23.3. The van der Waals surface area contributed by atoms with E-state index >= 15 is 0 Å². The number of nitrogens with zero attached hydrogens (tertiary/aromatic N) is 3. The minimum atomic E-state index is -3.68. The normalized spacial score (nSPS) is 20.4. The SMILES string of the molecule is CCOC(=O)N1CCN(C(=O)[C@@H]2CCCN(S(=O)(=O)c3ccc(OCC)cc3)C2)CC1. The summed E-state index contributed by atoms with van der Waals surface area (Å²) in [5, 5.41) is 0. The third kappa shape index (κ3) is 5.48. The number of hydrogen-bond donors (Lipinski definition) is 0. The minimum Gasteiger partial charge on any atom is -0.494 e. The number of ether oxygens (including phenoxy) is 2. The molecule has 2 heterocycles. The van der Waals surface area contributed by atoms with Gasteiger partial charge in [-0.05, 0) is 51.0 Å². The maximum Gasteiger partial charge on any atom is 0.409 e. The first-order valence-corrected chi connectivity index (χ1v) is 12.2. The molecule has 3 rings (SSSR count). The predicted molar refractivity (Wildman–Crippen MR) is 114 cm³/mol. The van der Waals surface area contributed by atoms with Crippen LogP contribution in [0.3, 0.4) is 0 Å². The van der Waals surface area contributed by atoms with Crippen LogP contribution in [0.15, 0.2) is 29.2 Å². The van der Waals surface area contributed by atoms with Crippen molar-refractivity contribution in [2.45, 2.75) is 31.6 Å². The van der Waals surface area contributed by atoms with E-state index in [1.165, 1.54) is 4.31 Å². The fraction of sp³-hybridized carbons (Fsp3) is 0.619. The molecular formula is C21H31N3O6S. The topological polar surface area (TPSA) is 96.5 Å². The van der Waals surface area contributed by atoms with Gasteiger partial charge in [0.15, 0.2) is 0 Å². The molecule has 1 atom stereocenters. The maximum atomic E-state index is 13.1. The Labute approximate surface area is 183 Å². The van der Waals surface area contributed by atoms with Crippen LogP contribution >= 0.6 is 0 Å². The summed E-state index contributed by atoms with van der Waals surface area (Å²) in [6.07, 6.45) is 0.932. The fourth-order valence-electron chi connectivity index (χ4n) is 3.97. The Bertz CT molecular complexity index is 866. The van der Waals surface area contributed by atoms with Crippen LogP contribution < -0.4 is 4.74 Å². The second kappa shape index (κ2) is 10.3. The van der Waals surface area contributed by atoms with Gasteiger partial charge in [-0.2, -0.15) is 4.31 Å². The van der Waals surface area contributed by atoms with E-state index in [4.69, 9.17) is 9.47 Å². The third-order valence-corrected chi connectivity index (χ3v) is 7.50. The van der Waals surface area contributed by atoms with Crippen LogP contribution in [0.5, 0.6) is 5.75 Å². The summed E-state index contributed by atoms with van der Waals surface area (Å²) in [7, 11) is -3.68. The highest BCUT2D eigenvalue weighted by molar-refractivity contribution is 7.89. The van der Waals surface area contributed by atoms with Gasteiger partial charge >= 0.3 is 6.09 Å². The van der Waals surface area contributed by atoms with Crippen molar-refractivity contribution in [3.63, 3.8) is 0 Å². The fourth-order valence-corrected chi connectivity index (χ4v) is 5.49. The largest absolute Gasteiger partial charge is 0.494 e. The van der Waals surface area contributed by atoms with Crippen LogP contribution in [0.1, 0.15) is 26.7 Å². The number of piperidine rings is 1. The number of amides is 2. The first-order valence-electron chi connectivity index (χ1n) is 10.8. The molecule has 2 amide bonds. The quantitative estimate of drug-likeness (QED) is 0.652. The lowest BCUT2D eigenvalue weighted by Crippen LogP contribution is -2.54. The van der Waals surface area contributed by atoms with E-state index in [9.17, 15) is 18.0 Å². The highest BCUT2D eigenvalue weighted by atomic mass is 32.2. The highest BCUT2D eigenvalue weighted by Gasteiger charge is 2.36. The second-order valence-electron chi connectivity index (χ2n) is 7.62. The molecule has 2 fully saturated rings. The monoisotopic (exact) mass is 453 g/mol. The zero-order valence-corrected chi connectivity index (χ0v) is 19.0. The first-order chi connectivity index (χ1) is 14.9. The molecule has 0 spiro atoms. The predicted octanol–water partition coefficient (Wildman–Crippen LogP) is 1.79. The van der Waals surface area contributed by atoms with E-state index in [0.29, 0.717) is 64.5 Å². The number of sulfonamides is 1. The van der Waals surface area contributed by atoms with E-state index in [-0.39, 0.29) is 29.4 Å². The average molecular weight is 454 g/mol. The van der Waals surface area contributed by atoms with Crippen molar-refractivity contribution in [1.29, 1.82) is 0 Å². The minimum absolute atomic E-state index is 0.0462. The molecule has 31 heavy (non-hydrogen) atoms. The van der Waals surface area contributed by atoms with Crippen LogP contribution in [-0.4, -0.2) is 87.0 Å². The number of hydrogen-bond acceptors (Lipinski definition) is 6. The van der Waals surface area contributed by atoms with Crippen LogP contribution in [-0.2, 0) is 19.6 Å². The van der Waals surface area contributed by atoms with Gasteiger partial charge in [-0.25, -0.2) is 13.2 Å². The molecule has 0 aromatic heterocycles. The Morgan fingerprint density at radius 2 is 1.61 bits per heavy atom. The lowest BCUT2D eigenvalue weighted by molar-refractivity contribution is -0.138. The van der Waals surface area contributed by atoms with Gasteiger partial charge in [-0.1, -0.05) is 0 Å². The summed E-state index contributed by atoms with van der Waals surface area (Å²) in [6, 6.07) is 6.37. The van der Waals surface area contributed by atoms with E-state index in [1.807, 2.05) is 6.92 Å². The summed E-state index contributed by atoms with van der Waals surface area (Å²) < 4.78 is 38.0. The van der Waals surface area contributed by atoms with Crippen LogP contribution in [0.4, 0.5) is 4.79 Å². The summed E-state index contributed by atoms with van der Waals surface area (Å²) in [5.74, 6) is 0.200. The van der Waals surface area contributed by atoms with Crippen LogP contribution in [0.25, 0.3) is 0 Å². The van der Waals surface area contributed by atoms with E-state index in [2.05, 4.69) is 0 Å². The molecule has 0 bridgehead atoms. The van der Waals surface area contributed by atoms with Crippen molar-refractivity contribution in [2.75, 3.05) is 52.5 Å². The standard InChI is InChI=1S/C21H31N3O6S/c1-3-29-18-7-9-19(10-8-18)31(27,28)24-11-5-6-17(16-24)20(25)22-12-14-23(15-13-22)21(26)30-4-2/h7-10,17H,3-6,11-16H2,1-2H3/t17-/m1/s1. The molecule has 0 saturated carbocycles. The Morgan fingerprint density at radius 3 is 2.23 bits per heavy atom. The Balaban J connectivity index is 1.61. The molecule has 0 unspecified atom stereocenters. The summed E-state index contributed by atoms with van der Waals surface area (Å²) in [4.78, 5) is 28.4. The molecule has 1 aromatic rings. The molecule has 9 nitrogen and oxygen atoms in total. The number of carbonyl (C=O) groups is 2. The molecule has 172 valence electrons. The van der Waals surface area contributed by atoms with Crippen molar-refractivity contribution in [1.82, 2.24) is 14.1 Å². The van der Waals surface area contributed by atoms with Crippen molar-refractivity contribution in [3.8, 4) is 5.75 Å². The van der Waals surface area contributed by atoms with E-state index < -0.39 is 10.0 Å². The number of carbonyl (C=O) groups excluding carboxylic acids is 2. The zero-order chi connectivity index (χ0) is 22.4. The molecule has 2 saturated heterocycles. The van der Waals surface area contributed by atoms with Gasteiger partial charge < -0.3 is 19.3 Å². The number of piperazine rings is 1. The Hall–Kier alpha value is -2.33. The summed E-state index contributed by atoms with van der Waals surface area (Å²) >= 11 is 0. The van der Waals surface area contributed by atoms with Gasteiger partial charge in [-0.15, -0.1) is 0 Å². The average Bonchev–Trinajstić information content (AvgIpc) is 2.79. The second-order valence-corrected chi connectivity index (χ2v) is 9.56. The third-order valence-electron chi connectivity index (χ3n) is 5.62. The van der Waals surface area contributed by atoms with E-state index in [0.717, 1.165) is 0 Å². The van der Waals surface area contributed by atoms with Gasteiger partial charge in [0.1, 0.15) is 5.75 Å². The van der Waals surface area contributed by atoms with Crippen molar-refractivity contribution >= 4 is 22.0 Å². The van der Waals surface area contributed by atoms with Crippen molar-refractivity contribution < 1.29 is 27.5 Å². The van der Waals surface area contributed by atoms with Gasteiger partial charge in [-0.3, -0.25) is 4.79 Å².